The number of hydrogen-bond donors (Lipinski definition) is 1. The predicted octanol–water partition coefficient (Wildman–Crippen LogP) is 1.82. The molecule has 1 N–H and O–H groups in total. The molecule has 0 spiro atoms. The molecule has 0 bridgehead atoms. The number of rotatable bonds is 2. The normalized spacial score (nSPS) is 25.4. The third kappa shape index (κ3) is 3.43. The maximum atomic E-state index is 13.0. The number of nitrogens with zero attached hydrogens (tertiary/aromatic N) is 2. The van der Waals surface area contributed by atoms with Crippen LogP contribution < -0.4 is 5.32 Å². The molecule has 3 aliphatic rings. The number of fused-ring (bicyclic) bond motifs is 1. The standard InChI is InChI=1S/C20H27N3O2/c24-19-17-9-4-1-6-15(17)14-18(21-19)20(25)23-11-5-10-22(12-13-23)16-7-2-3-8-16/h1,4,6,9,16,18H,2-3,5,7-8,10-14H2,(H,21,24)/t18-/m1/s1. The molecular weight excluding hydrogens is 314 g/mol. The molecule has 1 saturated heterocycles. The lowest BCUT2D eigenvalue weighted by Crippen LogP contribution is -2.53. The average molecular weight is 341 g/mol. The summed E-state index contributed by atoms with van der Waals surface area (Å²) in [5.41, 5.74) is 1.68. The van der Waals surface area contributed by atoms with E-state index in [0.717, 1.165) is 44.2 Å². The lowest BCUT2D eigenvalue weighted by Gasteiger charge is -2.30. The summed E-state index contributed by atoms with van der Waals surface area (Å²) in [4.78, 5) is 29.8. The zero-order valence-corrected chi connectivity index (χ0v) is 14.7. The molecule has 1 saturated carbocycles. The number of carbonyl (C=O) groups excluding carboxylic acids is 2. The molecule has 1 aliphatic carbocycles. The van der Waals surface area contributed by atoms with Crippen LogP contribution in [0, 0.1) is 0 Å². The maximum Gasteiger partial charge on any atom is 0.252 e. The van der Waals surface area contributed by atoms with Crippen molar-refractivity contribution in [2.75, 3.05) is 26.2 Å². The van der Waals surface area contributed by atoms with Gasteiger partial charge in [0, 0.05) is 44.2 Å². The van der Waals surface area contributed by atoms with Gasteiger partial charge in [0.15, 0.2) is 0 Å². The monoisotopic (exact) mass is 341 g/mol. The Balaban J connectivity index is 1.40. The van der Waals surface area contributed by atoms with Crippen molar-refractivity contribution in [2.24, 2.45) is 0 Å². The third-order valence-electron chi connectivity index (χ3n) is 5.97. The van der Waals surface area contributed by atoms with Crippen molar-refractivity contribution in [3.8, 4) is 0 Å². The largest absolute Gasteiger partial charge is 0.340 e. The van der Waals surface area contributed by atoms with Gasteiger partial charge in [-0.05, 0) is 30.9 Å². The zero-order valence-electron chi connectivity index (χ0n) is 14.7. The lowest BCUT2D eigenvalue weighted by atomic mass is 9.94. The average Bonchev–Trinajstić information content (AvgIpc) is 3.06. The van der Waals surface area contributed by atoms with Crippen molar-refractivity contribution >= 4 is 11.8 Å². The van der Waals surface area contributed by atoms with Gasteiger partial charge in [0.05, 0.1) is 0 Å². The van der Waals surface area contributed by atoms with Crippen LogP contribution in [0.2, 0.25) is 0 Å². The fourth-order valence-electron chi connectivity index (χ4n) is 4.59. The fourth-order valence-corrected chi connectivity index (χ4v) is 4.59. The van der Waals surface area contributed by atoms with E-state index in [4.69, 9.17) is 0 Å². The SMILES string of the molecule is O=C1N[C@@H](C(=O)N2CCCN(C3CCCC3)CC2)Cc2ccccc21. The Morgan fingerprint density at radius 2 is 1.80 bits per heavy atom. The second kappa shape index (κ2) is 7.16. The summed E-state index contributed by atoms with van der Waals surface area (Å²) in [5.74, 6) is -0.0428. The summed E-state index contributed by atoms with van der Waals surface area (Å²) >= 11 is 0. The number of amides is 2. The van der Waals surface area contributed by atoms with E-state index in [0.29, 0.717) is 12.0 Å². The lowest BCUT2D eigenvalue weighted by molar-refractivity contribution is -0.133. The van der Waals surface area contributed by atoms with E-state index in [1.807, 2.05) is 29.2 Å². The highest BCUT2D eigenvalue weighted by Crippen LogP contribution is 2.25. The topological polar surface area (TPSA) is 52.7 Å². The summed E-state index contributed by atoms with van der Waals surface area (Å²) < 4.78 is 0. The molecule has 25 heavy (non-hydrogen) atoms. The van der Waals surface area contributed by atoms with E-state index in [1.54, 1.807) is 0 Å². The van der Waals surface area contributed by atoms with Gasteiger partial charge in [0.25, 0.3) is 5.91 Å². The zero-order chi connectivity index (χ0) is 17.2. The van der Waals surface area contributed by atoms with Gasteiger partial charge in [0.2, 0.25) is 5.91 Å². The van der Waals surface area contributed by atoms with Crippen LogP contribution in [-0.4, -0.2) is 59.9 Å². The van der Waals surface area contributed by atoms with E-state index >= 15 is 0 Å². The minimum Gasteiger partial charge on any atom is -0.340 e. The van der Waals surface area contributed by atoms with E-state index in [1.165, 1.54) is 25.7 Å². The second-order valence-corrected chi connectivity index (χ2v) is 7.54. The molecule has 0 aromatic heterocycles. The number of hydrogen-bond acceptors (Lipinski definition) is 3. The van der Waals surface area contributed by atoms with Crippen molar-refractivity contribution < 1.29 is 9.59 Å². The summed E-state index contributed by atoms with van der Waals surface area (Å²) in [5, 5.41) is 2.91. The highest BCUT2D eigenvalue weighted by atomic mass is 16.2. The van der Waals surface area contributed by atoms with Gasteiger partial charge >= 0.3 is 0 Å². The molecule has 4 rings (SSSR count). The molecule has 5 nitrogen and oxygen atoms in total. The summed E-state index contributed by atoms with van der Waals surface area (Å²) in [7, 11) is 0. The van der Waals surface area contributed by atoms with Gasteiger partial charge in [-0.2, -0.15) is 0 Å². The van der Waals surface area contributed by atoms with Gasteiger partial charge in [0.1, 0.15) is 6.04 Å². The Hall–Kier alpha value is -1.88. The number of nitrogens with one attached hydrogen (secondary N) is 1. The first-order valence-electron chi connectivity index (χ1n) is 9.64. The van der Waals surface area contributed by atoms with Crippen molar-refractivity contribution in [3.63, 3.8) is 0 Å². The molecule has 1 aromatic rings. The highest BCUT2D eigenvalue weighted by molar-refractivity contribution is 6.00. The predicted molar refractivity (Wildman–Crippen MR) is 96.4 cm³/mol. The quantitative estimate of drug-likeness (QED) is 0.893. The second-order valence-electron chi connectivity index (χ2n) is 7.54. The van der Waals surface area contributed by atoms with Crippen molar-refractivity contribution in [1.29, 1.82) is 0 Å². The van der Waals surface area contributed by atoms with E-state index in [2.05, 4.69) is 10.2 Å². The summed E-state index contributed by atoms with van der Waals surface area (Å²) in [6.07, 6.45) is 6.94. The molecule has 5 heteroatoms. The molecule has 2 aliphatic heterocycles. The van der Waals surface area contributed by atoms with Crippen LogP contribution in [0.5, 0.6) is 0 Å². The molecular formula is C20H27N3O2. The van der Waals surface area contributed by atoms with Crippen LogP contribution in [0.25, 0.3) is 0 Å². The molecule has 2 fully saturated rings. The smallest absolute Gasteiger partial charge is 0.252 e. The minimum absolute atomic E-state index is 0.0797. The highest BCUT2D eigenvalue weighted by Gasteiger charge is 2.33. The summed E-state index contributed by atoms with van der Waals surface area (Å²) in [6, 6.07) is 7.89. The van der Waals surface area contributed by atoms with Crippen LogP contribution in [0.4, 0.5) is 0 Å². The Bertz CT molecular complexity index is 654. The Morgan fingerprint density at radius 1 is 1.00 bits per heavy atom. The van der Waals surface area contributed by atoms with Crippen LogP contribution in [0.1, 0.15) is 48.0 Å². The molecule has 2 amide bonds. The molecule has 134 valence electrons. The van der Waals surface area contributed by atoms with Crippen LogP contribution in [0.15, 0.2) is 24.3 Å². The summed E-state index contributed by atoms with van der Waals surface area (Å²) in [6.45, 7) is 3.64. The Morgan fingerprint density at radius 3 is 2.64 bits per heavy atom. The molecule has 0 unspecified atom stereocenters. The van der Waals surface area contributed by atoms with Gasteiger partial charge in [-0.3, -0.25) is 14.5 Å². The first kappa shape index (κ1) is 16.6. The van der Waals surface area contributed by atoms with Crippen molar-refractivity contribution in [3.05, 3.63) is 35.4 Å². The number of carbonyl (C=O) groups is 2. The van der Waals surface area contributed by atoms with Gasteiger partial charge in [-0.15, -0.1) is 0 Å². The number of benzene rings is 1. The van der Waals surface area contributed by atoms with Gasteiger partial charge in [-0.1, -0.05) is 31.0 Å². The first-order valence-corrected chi connectivity index (χ1v) is 9.64. The Labute approximate surface area is 149 Å². The van der Waals surface area contributed by atoms with Crippen LogP contribution in [0.3, 0.4) is 0 Å². The van der Waals surface area contributed by atoms with Gasteiger partial charge in [-0.25, -0.2) is 0 Å². The molecule has 1 atom stereocenters. The third-order valence-corrected chi connectivity index (χ3v) is 5.97. The van der Waals surface area contributed by atoms with Crippen molar-refractivity contribution in [1.82, 2.24) is 15.1 Å². The van der Waals surface area contributed by atoms with E-state index in [-0.39, 0.29) is 11.8 Å². The van der Waals surface area contributed by atoms with Gasteiger partial charge < -0.3 is 10.2 Å². The van der Waals surface area contributed by atoms with E-state index < -0.39 is 6.04 Å². The molecule has 2 heterocycles. The maximum absolute atomic E-state index is 13.0. The van der Waals surface area contributed by atoms with E-state index in [9.17, 15) is 9.59 Å². The Kier molecular flexibility index (Phi) is 4.75. The first-order chi connectivity index (χ1) is 12.2. The van der Waals surface area contributed by atoms with Crippen LogP contribution >= 0.6 is 0 Å². The fraction of sp³-hybridized carbons (Fsp3) is 0.600. The van der Waals surface area contributed by atoms with Crippen molar-refractivity contribution in [2.45, 2.75) is 50.6 Å². The minimum atomic E-state index is -0.416. The molecule has 0 radical (unpaired) electrons. The molecule has 1 aromatic carbocycles. The van der Waals surface area contributed by atoms with Crippen LogP contribution in [-0.2, 0) is 11.2 Å².